The number of hydrogen-bond acceptors (Lipinski definition) is 3. The van der Waals surface area contributed by atoms with Crippen molar-refractivity contribution in [1.29, 1.82) is 0 Å². The Morgan fingerprint density at radius 1 is 1.00 bits per heavy atom. The highest BCUT2D eigenvalue weighted by molar-refractivity contribution is 7.99. The number of amides is 1. The smallest absolute Gasteiger partial charge is 0.255 e. The van der Waals surface area contributed by atoms with Crippen molar-refractivity contribution < 1.29 is 4.79 Å². The third-order valence-electron chi connectivity index (χ3n) is 5.06. The van der Waals surface area contributed by atoms with Crippen LogP contribution < -0.4 is 4.90 Å². The van der Waals surface area contributed by atoms with Crippen molar-refractivity contribution in [3.63, 3.8) is 0 Å². The Balaban J connectivity index is 1.68. The fraction of sp³-hybridized carbons (Fsp3) is 0.409. The Labute approximate surface area is 161 Å². The van der Waals surface area contributed by atoms with Crippen molar-refractivity contribution in [3.05, 3.63) is 59.2 Å². The number of thioether (sulfide) groups is 1. The van der Waals surface area contributed by atoms with Gasteiger partial charge in [-0.05, 0) is 55.3 Å². The monoisotopic (exact) mass is 368 g/mol. The van der Waals surface area contributed by atoms with Gasteiger partial charge in [0.15, 0.2) is 0 Å². The Kier molecular flexibility index (Phi) is 6.25. The predicted molar refractivity (Wildman–Crippen MR) is 111 cm³/mol. The summed E-state index contributed by atoms with van der Waals surface area (Å²) in [6.45, 7) is 9.84. The first-order chi connectivity index (χ1) is 12.6. The van der Waals surface area contributed by atoms with Gasteiger partial charge in [0.2, 0.25) is 0 Å². The van der Waals surface area contributed by atoms with Gasteiger partial charge in [0.1, 0.15) is 0 Å². The number of nitrogens with zero attached hydrogens (tertiary/aromatic N) is 2. The summed E-state index contributed by atoms with van der Waals surface area (Å²) in [5.74, 6) is 1.22. The van der Waals surface area contributed by atoms with Gasteiger partial charge in [-0.25, -0.2) is 0 Å². The van der Waals surface area contributed by atoms with E-state index in [1.54, 1.807) is 11.8 Å². The predicted octanol–water partition coefficient (Wildman–Crippen LogP) is 4.77. The molecule has 0 unspecified atom stereocenters. The van der Waals surface area contributed by atoms with E-state index in [1.807, 2.05) is 23.1 Å². The summed E-state index contributed by atoms with van der Waals surface area (Å²) in [7, 11) is 0. The van der Waals surface area contributed by atoms with Crippen LogP contribution in [-0.2, 0) is 0 Å². The van der Waals surface area contributed by atoms with E-state index in [0.717, 1.165) is 48.8 Å². The van der Waals surface area contributed by atoms with Crippen LogP contribution >= 0.6 is 11.8 Å². The second-order valence-electron chi connectivity index (χ2n) is 6.84. The number of piperazine rings is 1. The Bertz CT molecular complexity index is 766. The summed E-state index contributed by atoms with van der Waals surface area (Å²) in [6.07, 6.45) is 1.11. The van der Waals surface area contributed by atoms with Crippen LogP contribution in [0.2, 0.25) is 0 Å². The minimum Gasteiger partial charge on any atom is -0.368 e. The topological polar surface area (TPSA) is 23.6 Å². The van der Waals surface area contributed by atoms with E-state index in [-0.39, 0.29) is 5.91 Å². The lowest BCUT2D eigenvalue weighted by atomic mass is 10.1. The van der Waals surface area contributed by atoms with Crippen LogP contribution in [0.5, 0.6) is 0 Å². The lowest BCUT2D eigenvalue weighted by molar-refractivity contribution is 0.0743. The zero-order chi connectivity index (χ0) is 18.5. The van der Waals surface area contributed by atoms with Gasteiger partial charge in [0, 0.05) is 36.8 Å². The lowest BCUT2D eigenvalue weighted by Gasteiger charge is -2.37. The van der Waals surface area contributed by atoms with Crippen LogP contribution in [0.25, 0.3) is 0 Å². The van der Waals surface area contributed by atoms with Gasteiger partial charge in [-0.2, -0.15) is 0 Å². The second kappa shape index (κ2) is 8.63. The van der Waals surface area contributed by atoms with Crippen LogP contribution in [0.4, 0.5) is 5.69 Å². The summed E-state index contributed by atoms with van der Waals surface area (Å²) >= 11 is 1.78. The van der Waals surface area contributed by atoms with Gasteiger partial charge in [0.05, 0.1) is 5.56 Å². The Morgan fingerprint density at radius 3 is 2.46 bits per heavy atom. The van der Waals surface area contributed by atoms with Crippen molar-refractivity contribution in [1.82, 2.24) is 4.90 Å². The molecule has 0 aliphatic carbocycles. The van der Waals surface area contributed by atoms with E-state index in [1.165, 1.54) is 16.8 Å². The van der Waals surface area contributed by atoms with E-state index in [0.29, 0.717) is 0 Å². The van der Waals surface area contributed by atoms with Gasteiger partial charge in [-0.1, -0.05) is 31.2 Å². The normalized spacial score (nSPS) is 14.6. The molecule has 26 heavy (non-hydrogen) atoms. The van der Waals surface area contributed by atoms with Crippen molar-refractivity contribution in [2.45, 2.75) is 32.1 Å². The van der Waals surface area contributed by atoms with E-state index in [9.17, 15) is 4.79 Å². The molecule has 0 aromatic heterocycles. The average Bonchev–Trinajstić information content (AvgIpc) is 2.68. The summed E-state index contributed by atoms with van der Waals surface area (Å²) in [6, 6.07) is 14.5. The molecule has 0 radical (unpaired) electrons. The molecule has 2 aromatic carbocycles. The highest BCUT2D eigenvalue weighted by Crippen LogP contribution is 2.27. The van der Waals surface area contributed by atoms with Gasteiger partial charge >= 0.3 is 0 Å². The van der Waals surface area contributed by atoms with Gasteiger partial charge in [0.25, 0.3) is 5.91 Å². The van der Waals surface area contributed by atoms with Gasteiger partial charge in [-0.3, -0.25) is 4.79 Å². The molecule has 0 spiro atoms. The highest BCUT2D eigenvalue weighted by Gasteiger charge is 2.24. The number of carbonyl (C=O) groups excluding carboxylic acids is 1. The number of anilines is 1. The molecule has 3 nitrogen and oxygen atoms in total. The maximum Gasteiger partial charge on any atom is 0.255 e. The number of carbonyl (C=O) groups is 1. The highest BCUT2D eigenvalue weighted by atomic mass is 32.2. The molecule has 0 saturated carbocycles. The van der Waals surface area contributed by atoms with Crippen molar-refractivity contribution in [3.8, 4) is 0 Å². The number of hydrogen-bond donors (Lipinski definition) is 0. The SMILES string of the molecule is CCCSc1ccccc1C(=O)N1CCN(c2cccc(C)c2C)CC1. The Hall–Kier alpha value is -1.94. The van der Waals surface area contributed by atoms with Crippen LogP contribution in [0.3, 0.4) is 0 Å². The first-order valence-electron chi connectivity index (χ1n) is 9.44. The quantitative estimate of drug-likeness (QED) is 0.711. The molecule has 1 saturated heterocycles. The molecule has 1 fully saturated rings. The summed E-state index contributed by atoms with van der Waals surface area (Å²) < 4.78 is 0. The third-order valence-corrected chi connectivity index (χ3v) is 6.34. The Morgan fingerprint density at radius 2 is 1.73 bits per heavy atom. The molecule has 138 valence electrons. The molecule has 1 heterocycles. The average molecular weight is 369 g/mol. The molecule has 1 amide bonds. The largest absolute Gasteiger partial charge is 0.368 e. The van der Waals surface area contributed by atoms with Crippen molar-refractivity contribution in [2.24, 2.45) is 0 Å². The minimum atomic E-state index is 0.171. The summed E-state index contributed by atoms with van der Waals surface area (Å²) in [4.78, 5) is 18.6. The van der Waals surface area contributed by atoms with Crippen LogP contribution in [-0.4, -0.2) is 42.7 Å². The molecule has 0 bridgehead atoms. The van der Waals surface area contributed by atoms with Crippen molar-refractivity contribution >= 4 is 23.4 Å². The molecular formula is C22H28N2OS. The van der Waals surface area contributed by atoms with Crippen LogP contribution in [0.1, 0.15) is 34.8 Å². The number of rotatable bonds is 5. The fourth-order valence-electron chi connectivity index (χ4n) is 3.38. The lowest BCUT2D eigenvalue weighted by Crippen LogP contribution is -2.49. The summed E-state index contributed by atoms with van der Waals surface area (Å²) in [5, 5.41) is 0. The molecular weight excluding hydrogens is 340 g/mol. The fourth-order valence-corrected chi connectivity index (χ4v) is 4.29. The van der Waals surface area contributed by atoms with Gasteiger partial charge < -0.3 is 9.80 Å². The molecule has 3 rings (SSSR count). The van der Waals surface area contributed by atoms with E-state index < -0.39 is 0 Å². The van der Waals surface area contributed by atoms with Gasteiger partial charge in [-0.15, -0.1) is 11.8 Å². The van der Waals surface area contributed by atoms with Crippen LogP contribution in [0, 0.1) is 13.8 Å². The third kappa shape index (κ3) is 4.07. The number of aryl methyl sites for hydroxylation is 1. The molecule has 2 aromatic rings. The number of benzene rings is 2. The van der Waals surface area contributed by atoms with E-state index in [4.69, 9.17) is 0 Å². The first-order valence-corrected chi connectivity index (χ1v) is 10.4. The van der Waals surface area contributed by atoms with Crippen molar-refractivity contribution in [2.75, 3.05) is 36.8 Å². The first kappa shape index (κ1) is 18.8. The minimum absolute atomic E-state index is 0.171. The maximum atomic E-state index is 13.0. The maximum absolute atomic E-state index is 13.0. The summed E-state index contributed by atoms with van der Waals surface area (Å²) in [5.41, 5.74) is 4.82. The van der Waals surface area contributed by atoms with E-state index >= 15 is 0 Å². The second-order valence-corrected chi connectivity index (χ2v) is 7.98. The molecule has 1 aliphatic rings. The van der Waals surface area contributed by atoms with Crippen LogP contribution in [0.15, 0.2) is 47.4 Å². The molecule has 0 atom stereocenters. The molecule has 1 aliphatic heterocycles. The van der Waals surface area contributed by atoms with E-state index in [2.05, 4.69) is 49.9 Å². The zero-order valence-electron chi connectivity index (χ0n) is 16.0. The standard InChI is InChI=1S/C22H28N2OS/c1-4-16-26-21-11-6-5-9-19(21)22(25)24-14-12-23(13-15-24)20-10-7-8-17(2)18(20)3/h5-11H,4,12-16H2,1-3H3. The molecule has 4 heteroatoms. The molecule has 0 N–H and O–H groups in total. The zero-order valence-corrected chi connectivity index (χ0v) is 16.8.